The first-order valence-electron chi connectivity index (χ1n) is 10.3. The molecule has 170 valence electrons. The number of fused-ring (bicyclic) bond motifs is 2. The molecule has 33 heavy (non-hydrogen) atoms. The number of aliphatic hydroxyl groups is 2. The average Bonchev–Trinajstić information content (AvgIpc) is 3.29. The molecule has 0 fully saturated rings. The van der Waals surface area contributed by atoms with Crippen molar-refractivity contribution in [3.8, 4) is 0 Å². The normalized spacial score (nSPS) is 20.6. The van der Waals surface area contributed by atoms with Crippen LogP contribution in [0.4, 0.5) is 16.0 Å². The van der Waals surface area contributed by atoms with E-state index in [0.717, 1.165) is 0 Å². The molecule has 3 atom stereocenters. The van der Waals surface area contributed by atoms with Crippen molar-refractivity contribution in [3.05, 3.63) is 58.3 Å². The Morgan fingerprint density at radius 3 is 2.64 bits per heavy atom. The van der Waals surface area contributed by atoms with Crippen molar-refractivity contribution in [2.45, 2.75) is 38.0 Å². The van der Waals surface area contributed by atoms with Gasteiger partial charge in [0.1, 0.15) is 41.5 Å². The number of anilines is 2. The Labute approximate surface area is 192 Å². The third-order valence-electron chi connectivity index (χ3n) is 5.94. The average molecular weight is 470 g/mol. The van der Waals surface area contributed by atoms with E-state index in [-0.39, 0.29) is 16.2 Å². The van der Waals surface area contributed by atoms with E-state index in [1.807, 2.05) is 0 Å². The Balaban J connectivity index is 1.43. The number of aromatic nitrogens is 5. The lowest BCUT2D eigenvalue weighted by Crippen LogP contribution is -2.30. The van der Waals surface area contributed by atoms with Gasteiger partial charge in [0.25, 0.3) is 0 Å². The van der Waals surface area contributed by atoms with Crippen molar-refractivity contribution in [3.63, 3.8) is 0 Å². The lowest BCUT2D eigenvalue weighted by atomic mass is 10.0. The van der Waals surface area contributed by atoms with Gasteiger partial charge in [-0.15, -0.1) is 0 Å². The molecule has 1 aliphatic carbocycles. The zero-order valence-electron chi connectivity index (χ0n) is 17.6. The maximum Gasteiger partial charge on any atom is 0.164 e. The Hall–Kier alpha value is -3.34. The summed E-state index contributed by atoms with van der Waals surface area (Å²) >= 11 is 5.95. The fourth-order valence-electron chi connectivity index (χ4n) is 4.26. The van der Waals surface area contributed by atoms with Crippen LogP contribution in [0.15, 0.2) is 36.0 Å². The summed E-state index contributed by atoms with van der Waals surface area (Å²) in [5.74, 6) is 0.459. The molecular weight excluding hydrogens is 449 g/mol. The molecule has 11 heteroatoms. The van der Waals surface area contributed by atoms with Crippen molar-refractivity contribution < 1.29 is 14.6 Å². The molecule has 3 aromatic heterocycles. The highest BCUT2D eigenvalue weighted by Crippen LogP contribution is 2.34. The quantitative estimate of drug-likeness (QED) is 0.333. The Bertz CT molecular complexity index is 1440. The minimum absolute atomic E-state index is 0.131. The smallest absolute Gasteiger partial charge is 0.164 e. The minimum Gasteiger partial charge on any atom is -0.387 e. The van der Waals surface area contributed by atoms with Gasteiger partial charge in [-0.2, -0.15) is 5.10 Å². The number of rotatable bonds is 4. The van der Waals surface area contributed by atoms with E-state index in [1.165, 1.54) is 23.0 Å². The van der Waals surface area contributed by atoms with E-state index < -0.39 is 24.1 Å². The SMILES string of the molecule is Cc1nc(N)c2cnn([C@@H]3C=C(CCc4cc(F)c5cc(Cl)c(N)nc5c4)[C@@H](O)[C@H]3O)c2n1. The van der Waals surface area contributed by atoms with Gasteiger partial charge in [-0.1, -0.05) is 17.7 Å². The summed E-state index contributed by atoms with van der Waals surface area (Å²) in [5, 5.41) is 26.7. The number of nitrogen functional groups attached to an aromatic ring is 2. The third kappa shape index (κ3) is 3.65. The molecule has 0 spiro atoms. The summed E-state index contributed by atoms with van der Waals surface area (Å²) in [6.45, 7) is 1.72. The lowest BCUT2D eigenvalue weighted by Gasteiger charge is -2.18. The van der Waals surface area contributed by atoms with Crippen LogP contribution in [0.1, 0.15) is 23.9 Å². The number of nitrogens with two attached hydrogens (primary N) is 2. The summed E-state index contributed by atoms with van der Waals surface area (Å²) in [4.78, 5) is 12.7. The van der Waals surface area contributed by atoms with E-state index in [2.05, 4.69) is 20.1 Å². The zero-order valence-corrected chi connectivity index (χ0v) is 18.3. The van der Waals surface area contributed by atoms with Crippen LogP contribution in [-0.2, 0) is 6.42 Å². The molecule has 0 amide bonds. The predicted octanol–water partition coefficient (Wildman–Crippen LogP) is 2.48. The van der Waals surface area contributed by atoms with Crippen LogP contribution >= 0.6 is 11.6 Å². The fraction of sp³-hybridized carbons (Fsp3) is 0.273. The first-order chi connectivity index (χ1) is 15.7. The van der Waals surface area contributed by atoms with E-state index in [1.54, 1.807) is 19.1 Å². The number of aryl methyl sites for hydroxylation is 2. The van der Waals surface area contributed by atoms with E-state index >= 15 is 0 Å². The molecule has 0 saturated heterocycles. The molecule has 0 saturated carbocycles. The number of hydrogen-bond donors (Lipinski definition) is 4. The standard InChI is InChI=1S/C22H21ClFN7O2/c1-9-28-20(25)13-8-27-31(22(13)29-9)17-6-11(18(32)19(17)33)3-2-10-4-15(24)12-7-14(23)21(26)30-16(12)5-10/h4-8,17-19,32-33H,2-3H2,1H3,(H2,26,30)(H2,25,28,29)/t17-,18-,19+/m1/s1. The van der Waals surface area contributed by atoms with Crippen LogP contribution in [0.5, 0.6) is 0 Å². The number of aliphatic hydroxyl groups excluding tert-OH is 2. The van der Waals surface area contributed by atoms with E-state index in [9.17, 15) is 14.6 Å². The largest absolute Gasteiger partial charge is 0.387 e. The van der Waals surface area contributed by atoms with Gasteiger partial charge >= 0.3 is 0 Å². The lowest BCUT2D eigenvalue weighted by molar-refractivity contribution is 0.0292. The predicted molar refractivity (Wildman–Crippen MR) is 123 cm³/mol. The van der Waals surface area contributed by atoms with Gasteiger partial charge < -0.3 is 21.7 Å². The number of hydrogen-bond acceptors (Lipinski definition) is 8. The molecule has 4 aromatic rings. The van der Waals surface area contributed by atoms with Gasteiger partial charge in [-0.3, -0.25) is 0 Å². The summed E-state index contributed by atoms with van der Waals surface area (Å²) in [5.41, 5.74) is 13.9. The van der Waals surface area contributed by atoms with Crippen LogP contribution in [0.25, 0.3) is 21.9 Å². The van der Waals surface area contributed by atoms with Crippen molar-refractivity contribution in [2.24, 2.45) is 0 Å². The molecule has 9 nitrogen and oxygen atoms in total. The second kappa shape index (κ2) is 7.91. The maximum absolute atomic E-state index is 14.6. The zero-order chi connectivity index (χ0) is 23.4. The number of nitrogens with zero attached hydrogens (tertiary/aromatic N) is 5. The summed E-state index contributed by atoms with van der Waals surface area (Å²) in [7, 11) is 0. The van der Waals surface area contributed by atoms with Crippen LogP contribution in [0, 0.1) is 12.7 Å². The molecule has 0 aliphatic heterocycles. The van der Waals surface area contributed by atoms with Gasteiger partial charge in [-0.05, 0) is 49.1 Å². The summed E-state index contributed by atoms with van der Waals surface area (Å²) in [6.07, 6.45) is 1.93. The maximum atomic E-state index is 14.6. The van der Waals surface area contributed by atoms with Crippen molar-refractivity contribution in [1.82, 2.24) is 24.7 Å². The molecule has 3 heterocycles. The second-order valence-electron chi connectivity index (χ2n) is 8.15. The van der Waals surface area contributed by atoms with E-state index in [4.69, 9.17) is 23.1 Å². The van der Waals surface area contributed by atoms with Crippen LogP contribution in [-0.4, -0.2) is 47.2 Å². The third-order valence-corrected chi connectivity index (χ3v) is 6.24. The number of benzene rings is 1. The van der Waals surface area contributed by atoms with Gasteiger partial charge in [0.2, 0.25) is 0 Å². The monoisotopic (exact) mass is 469 g/mol. The molecule has 0 radical (unpaired) electrons. The number of pyridine rings is 1. The van der Waals surface area contributed by atoms with Crippen molar-refractivity contribution in [2.75, 3.05) is 11.5 Å². The Morgan fingerprint density at radius 1 is 1.06 bits per heavy atom. The highest BCUT2D eigenvalue weighted by atomic mass is 35.5. The summed E-state index contributed by atoms with van der Waals surface area (Å²) < 4.78 is 16.1. The Morgan fingerprint density at radius 2 is 1.85 bits per heavy atom. The van der Waals surface area contributed by atoms with Gasteiger partial charge in [-0.25, -0.2) is 24.0 Å². The van der Waals surface area contributed by atoms with Gasteiger partial charge in [0.05, 0.1) is 22.1 Å². The molecule has 1 aromatic carbocycles. The Kier molecular flexibility index (Phi) is 5.15. The first kappa shape index (κ1) is 21.5. The molecular formula is C22H21ClFN7O2. The van der Waals surface area contributed by atoms with Gasteiger partial charge in [0, 0.05) is 5.39 Å². The molecule has 5 rings (SSSR count). The molecule has 1 aliphatic rings. The van der Waals surface area contributed by atoms with Crippen LogP contribution in [0.3, 0.4) is 0 Å². The summed E-state index contributed by atoms with van der Waals surface area (Å²) in [6, 6.07) is 3.98. The van der Waals surface area contributed by atoms with Crippen molar-refractivity contribution >= 4 is 45.2 Å². The molecule has 6 N–H and O–H groups in total. The number of halogens is 2. The molecule has 0 unspecified atom stereocenters. The fourth-order valence-corrected chi connectivity index (χ4v) is 4.41. The van der Waals surface area contributed by atoms with Gasteiger partial charge in [0.15, 0.2) is 5.65 Å². The highest BCUT2D eigenvalue weighted by molar-refractivity contribution is 6.33. The van der Waals surface area contributed by atoms with E-state index in [0.29, 0.717) is 52.2 Å². The van der Waals surface area contributed by atoms with Crippen LogP contribution in [0.2, 0.25) is 5.02 Å². The van der Waals surface area contributed by atoms with Crippen molar-refractivity contribution in [1.29, 1.82) is 0 Å². The topological polar surface area (TPSA) is 149 Å². The second-order valence-corrected chi connectivity index (χ2v) is 8.56. The molecule has 0 bridgehead atoms. The first-order valence-corrected chi connectivity index (χ1v) is 10.7. The van der Waals surface area contributed by atoms with Crippen LogP contribution < -0.4 is 11.5 Å². The highest BCUT2D eigenvalue weighted by Gasteiger charge is 2.37. The minimum atomic E-state index is -1.11.